The Bertz CT molecular complexity index is 523. The van der Waals surface area contributed by atoms with E-state index in [1.165, 1.54) is 0 Å². The number of rotatable bonds is 4. The minimum absolute atomic E-state index is 0.0412. The van der Waals surface area contributed by atoms with Gasteiger partial charge in [0.1, 0.15) is 5.82 Å². The molecule has 0 radical (unpaired) electrons. The van der Waals surface area contributed by atoms with Gasteiger partial charge in [0.15, 0.2) is 0 Å². The van der Waals surface area contributed by atoms with Gasteiger partial charge in [-0.05, 0) is 12.3 Å². The highest BCUT2D eigenvalue weighted by Crippen LogP contribution is 2.23. The van der Waals surface area contributed by atoms with Crippen LogP contribution in [0.3, 0.4) is 0 Å². The Morgan fingerprint density at radius 2 is 2.14 bits per heavy atom. The number of carbonyl (C=O) groups excluding carboxylic acids is 2. The van der Waals surface area contributed by atoms with E-state index in [1.807, 2.05) is 17.8 Å². The molecule has 6 heteroatoms. The normalized spacial score (nSPS) is 20.7. The van der Waals surface area contributed by atoms with E-state index in [2.05, 4.69) is 24.1 Å². The summed E-state index contributed by atoms with van der Waals surface area (Å²) in [7, 11) is 3.70. The fourth-order valence-corrected chi connectivity index (χ4v) is 2.64. The summed E-state index contributed by atoms with van der Waals surface area (Å²) in [6.45, 7) is 4.75. The Labute approximate surface area is 125 Å². The minimum atomic E-state index is -0.227. The molecule has 1 N–H and O–H groups in total. The molecular weight excluding hydrogens is 268 g/mol. The molecule has 2 amide bonds. The third-order valence-corrected chi connectivity index (χ3v) is 4.13. The maximum atomic E-state index is 12.5. The lowest BCUT2D eigenvalue weighted by Gasteiger charge is -2.30. The SMILES string of the molecule is CC(C)[C@H](NC(=O)[C@@H]1CCN(C)C(=O)C1)c1nccn1C. The van der Waals surface area contributed by atoms with Gasteiger partial charge in [0.05, 0.1) is 6.04 Å². The van der Waals surface area contributed by atoms with Gasteiger partial charge in [-0.1, -0.05) is 13.8 Å². The number of hydrogen-bond donors (Lipinski definition) is 1. The maximum Gasteiger partial charge on any atom is 0.224 e. The molecule has 1 aliphatic heterocycles. The lowest BCUT2D eigenvalue weighted by molar-refractivity contribution is -0.139. The number of imidazole rings is 1. The predicted octanol–water partition coefficient (Wildman–Crippen LogP) is 1.10. The van der Waals surface area contributed by atoms with E-state index in [4.69, 9.17) is 0 Å². The van der Waals surface area contributed by atoms with Crippen molar-refractivity contribution in [3.63, 3.8) is 0 Å². The van der Waals surface area contributed by atoms with Gasteiger partial charge in [-0.3, -0.25) is 9.59 Å². The van der Waals surface area contributed by atoms with Crippen LogP contribution in [0.5, 0.6) is 0 Å². The van der Waals surface area contributed by atoms with Crippen LogP contribution in [0.4, 0.5) is 0 Å². The molecule has 1 saturated heterocycles. The molecule has 116 valence electrons. The van der Waals surface area contributed by atoms with Crippen molar-refractivity contribution >= 4 is 11.8 Å². The molecule has 0 saturated carbocycles. The lowest BCUT2D eigenvalue weighted by atomic mass is 9.94. The quantitative estimate of drug-likeness (QED) is 0.903. The molecule has 0 aliphatic carbocycles. The van der Waals surface area contributed by atoms with Gasteiger partial charge in [-0.25, -0.2) is 4.98 Å². The van der Waals surface area contributed by atoms with Gasteiger partial charge in [0, 0.05) is 45.4 Å². The first-order valence-corrected chi connectivity index (χ1v) is 7.41. The Hall–Kier alpha value is -1.85. The van der Waals surface area contributed by atoms with E-state index in [1.54, 1.807) is 18.1 Å². The first-order valence-electron chi connectivity index (χ1n) is 7.41. The number of piperidine rings is 1. The van der Waals surface area contributed by atoms with Crippen molar-refractivity contribution in [1.82, 2.24) is 19.8 Å². The number of nitrogens with one attached hydrogen (secondary N) is 1. The van der Waals surface area contributed by atoms with Crippen LogP contribution in [0.2, 0.25) is 0 Å². The smallest absolute Gasteiger partial charge is 0.224 e. The van der Waals surface area contributed by atoms with Crippen molar-refractivity contribution in [2.45, 2.75) is 32.7 Å². The molecule has 1 fully saturated rings. The molecule has 0 spiro atoms. The fourth-order valence-electron chi connectivity index (χ4n) is 2.64. The summed E-state index contributed by atoms with van der Waals surface area (Å²) in [5, 5.41) is 3.07. The minimum Gasteiger partial charge on any atom is -0.346 e. The maximum absolute atomic E-state index is 12.5. The van der Waals surface area contributed by atoms with Crippen molar-refractivity contribution in [3.8, 4) is 0 Å². The Morgan fingerprint density at radius 3 is 2.67 bits per heavy atom. The number of aryl methyl sites for hydroxylation is 1. The van der Waals surface area contributed by atoms with Crippen LogP contribution < -0.4 is 5.32 Å². The van der Waals surface area contributed by atoms with Gasteiger partial charge >= 0.3 is 0 Å². The average Bonchev–Trinajstić information content (AvgIpc) is 2.84. The third-order valence-electron chi connectivity index (χ3n) is 4.13. The lowest BCUT2D eigenvalue weighted by Crippen LogP contribution is -2.44. The van der Waals surface area contributed by atoms with Crippen molar-refractivity contribution < 1.29 is 9.59 Å². The van der Waals surface area contributed by atoms with Crippen LogP contribution in [0.1, 0.15) is 38.6 Å². The molecule has 1 aromatic heterocycles. The van der Waals surface area contributed by atoms with E-state index in [0.717, 1.165) is 12.2 Å². The number of carbonyl (C=O) groups is 2. The molecule has 0 bridgehead atoms. The van der Waals surface area contributed by atoms with Gasteiger partial charge < -0.3 is 14.8 Å². The van der Waals surface area contributed by atoms with E-state index in [-0.39, 0.29) is 29.7 Å². The second-order valence-electron chi connectivity index (χ2n) is 6.13. The van der Waals surface area contributed by atoms with Crippen LogP contribution in [-0.2, 0) is 16.6 Å². The van der Waals surface area contributed by atoms with Crippen LogP contribution >= 0.6 is 0 Å². The molecule has 2 rings (SSSR count). The Balaban J connectivity index is 2.06. The summed E-state index contributed by atoms with van der Waals surface area (Å²) >= 11 is 0. The summed E-state index contributed by atoms with van der Waals surface area (Å²) in [5.74, 6) is 0.850. The second-order valence-corrected chi connectivity index (χ2v) is 6.13. The van der Waals surface area contributed by atoms with Crippen molar-refractivity contribution in [2.24, 2.45) is 18.9 Å². The summed E-state index contributed by atoms with van der Waals surface area (Å²) in [6, 6.07) is -0.132. The highest BCUT2D eigenvalue weighted by molar-refractivity contribution is 5.87. The first kappa shape index (κ1) is 15.5. The zero-order valence-corrected chi connectivity index (χ0v) is 13.2. The van der Waals surface area contributed by atoms with E-state index < -0.39 is 0 Å². The average molecular weight is 292 g/mol. The van der Waals surface area contributed by atoms with Gasteiger partial charge in [-0.15, -0.1) is 0 Å². The molecule has 1 aliphatic rings. The number of amides is 2. The largest absolute Gasteiger partial charge is 0.346 e. The van der Waals surface area contributed by atoms with Crippen LogP contribution in [0, 0.1) is 11.8 Å². The van der Waals surface area contributed by atoms with Gasteiger partial charge in [-0.2, -0.15) is 0 Å². The number of hydrogen-bond acceptors (Lipinski definition) is 3. The van der Waals surface area contributed by atoms with Crippen LogP contribution in [-0.4, -0.2) is 39.9 Å². The molecule has 21 heavy (non-hydrogen) atoms. The third kappa shape index (κ3) is 3.43. The topological polar surface area (TPSA) is 67.2 Å². The van der Waals surface area contributed by atoms with E-state index >= 15 is 0 Å². The van der Waals surface area contributed by atoms with E-state index in [9.17, 15) is 9.59 Å². The number of nitrogens with zero attached hydrogens (tertiary/aromatic N) is 3. The number of likely N-dealkylation sites (tertiary alicyclic amines) is 1. The van der Waals surface area contributed by atoms with Crippen LogP contribution in [0.15, 0.2) is 12.4 Å². The van der Waals surface area contributed by atoms with Crippen molar-refractivity contribution in [2.75, 3.05) is 13.6 Å². The summed E-state index contributed by atoms with van der Waals surface area (Å²) in [6.07, 6.45) is 4.62. The molecule has 2 heterocycles. The first-order chi connectivity index (χ1) is 9.90. The fraction of sp³-hybridized carbons (Fsp3) is 0.667. The van der Waals surface area contributed by atoms with Crippen molar-refractivity contribution in [3.05, 3.63) is 18.2 Å². The van der Waals surface area contributed by atoms with Gasteiger partial charge in [0.2, 0.25) is 11.8 Å². The van der Waals surface area contributed by atoms with Gasteiger partial charge in [0.25, 0.3) is 0 Å². The molecule has 2 atom stereocenters. The second kappa shape index (κ2) is 6.28. The zero-order chi connectivity index (χ0) is 15.6. The highest BCUT2D eigenvalue weighted by Gasteiger charge is 2.31. The zero-order valence-electron chi connectivity index (χ0n) is 13.2. The molecule has 0 unspecified atom stereocenters. The Kier molecular flexibility index (Phi) is 4.65. The highest BCUT2D eigenvalue weighted by atomic mass is 16.2. The standard InChI is InChI=1S/C15H24N4O2/c1-10(2)13(14-16-6-8-19(14)4)17-15(21)11-5-7-18(3)12(20)9-11/h6,8,10-11,13H,5,7,9H2,1-4H3,(H,17,21)/t11-,13+/m1/s1. The number of aromatic nitrogens is 2. The molecule has 6 nitrogen and oxygen atoms in total. The van der Waals surface area contributed by atoms with Crippen molar-refractivity contribution in [1.29, 1.82) is 0 Å². The van der Waals surface area contributed by atoms with E-state index in [0.29, 0.717) is 13.0 Å². The molecular formula is C15H24N4O2. The molecule has 0 aromatic carbocycles. The van der Waals surface area contributed by atoms with Crippen LogP contribution in [0.25, 0.3) is 0 Å². The Morgan fingerprint density at radius 1 is 1.43 bits per heavy atom. The monoisotopic (exact) mass is 292 g/mol. The summed E-state index contributed by atoms with van der Waals surface area (Å²) < 4.78 is 1.92. The summed E-state index contributed by atoms with van der Waals surface area (Å²) in [5.41, 5.74) is 0. The summed E-state index contributed by atoms with van der Waals surface area (Å²) in [4.78, 5) is 30.2. The predicted molar refractivity (Wildman–Crippen MR) is 79.3 cm³/mol. The molecule has 1 aromatic rings.